The third-order valence-corrected chi connectivity index (χ3v) is 6.64. The van der Waals surface area contributed by atoms with Crippen LogP contribution in [0.15, 0.2) is 97.1 Å². The molecule has 3 nitrogen and oxygen atoms in total. The second-order valence-electron chi connectivity index (χ2n) is 8.95. The highest BCUT2D eigenvalue weighted by atomic mass is 16.5. The molecule has 0 bridgehead atoms. The van der Waals surface area contributed by atoms with E-state index in [4.69, 9.17) is 4.74 Å². The van der Waals surface area contributed by atoms with Crippen molar-refractivity contribution in [1.29, 1.82) is 0 Å². The highest BCUT2D eigenvalue weighted by Gasteiger charge is 2.20. The molecule has 1 heterocycles. The second-order valence-corrected chi connectivity index (χ2v) is 8.95. The van der Waals surface area contributed by atoms with Crippen molar-refractivity contribution in [2.24, 2.45) is 0 Å². The van der Waals surface area contributed by atoms with Crippen molar-refractivity contribution in [3.8, 4) is 5.75 Å². The summed E-state index contributed by atoms with van der Waals surface area (Å²) in [6.45, 7) is 4.74. The van der Waals surface area contributed by atoms with Gasteiger partial charge in [-0.3, -0.25) is 4.90 Å². The van der Waals surface area contributed by atoms with Crippen molar-refractivity contribution in [3.05, 3.63) is 114 Å². The molecule has 4 aromatic rings. The fraction of sp³-hybridized carbons (Fsp3) is 0.267. The molecule has 5 rings (SSSR count). The Bertz CT molecular complexity index is 1150. The van der Waals surface area contributed by atoms with Gasteiger partial charge in [-0.15, -0.1) is 0 Å². The molecule has 1 aliphatic heterocycles. The molecule has 0 radical (unpaired) electrons. The third kappa shape index (κ3) is 5.62. The SMILES string of the molecule is c1ccc(COc2ccc3ccccc3c2CNC2CCN(Cc3ccccc3)CC2)cc1. The van der Waals surface area contributed by atoms with Gasteiger partial charge in [0, 0.05) is 24.7 Å². The monoisotopic (exact) mass is 436 g/mol. The number of hydrogen-bond acceptors (Lipinski definition) is 3. The van der Waals surface area contributed by atoms with E-state index in [0.717, 1.165) is 31.9 Å². The molecule has 33 heavy (non-hydrogen) atoms. The first-order valence-electron chi connectivity index (χ1n) is 12.0. The molecule has 0 saturated carbocycles. The lowest BCUT2D eigenvalue weighted by Gasteiger charge is -2.32. The van der Waals surface area contributed by atoms with Crippen molar-refractivity contribution in [1.82, 2.24) is 10.2 Å². The Morgan fingerprint density at radius 3 is 2.15 bits per heavy atom. The Morgan fingerprint density at radius 1 is 0.727 bits per heavy atom. The van der Waals surface area contributed by atoms with E-state index in [2.05, 4.69) is 101 Å². The molecule has 1 fully saturated rings. The quantitative estimate of drug-likeness (QED) is 0.357. The standard InChI is InChI=1S/C30H32N2O/c1-3-9-24(10-4-1)22-32-19-17-27(18-20-32)31-21-29-28-14-8-7-13-26(28)15-16-30(29)33-23-25-11-5-2-6-12-25/h1-16,27,31H,17-23H2. The van der Waals surface area contributed by atoms with Crippen molar-refractivity contribution in [3.63, 3.8) is 0 Å². The molecule has 1 aliphatic rings. The van der Waals surface area contributed by atoms with Gasteiger partial charge in [-0.2, -0.15) is 0 Å². The van der Waals surface area contributed by atoms with Crippen LogP contribution in [0.1, 0.15) is 29.5 Å². The Morgan fingerprint density at radius 2 is 1.39 bits per heavy atom. The molecular weight excluding hydrogens is 404 g/mol. The maximum absolute atomic E-state index is 6.31. The fourth-order valence-electron chi connectivity index (χ4n) is 4.75. The Labute approximate surface area is 197 Å². The number of benzene rings is 4. The molecule has 0 aliphatic carbocycles. The van der Waals surface area contributed by atoms with Gasteiger partial charge < -0.3 is 10.1 Å². The van der Waals surface area contributed by atoms with Crippen molar-refractivity contribution in [2.45, 2.75) is 38.6 Å². The normalized spacial score (nSPS) is 15.0. The van der Waals surface area contributed by atoms with Crippen molar-refractivity contribution < 1.29 is 4.74 Å². The molecule has 0 amide bonds. The highest BCUT2D eigenvalue weighted by molar-refractivity contribution is 5.87. The summed E-state index contributed by atoms with van der Waals surface area (Å²) in [5, 5.41) is 6.38. The van der Waals surface area contributed by atoms with Crippen molar-refractivity contribution >= 4 is 10.8 Å². The van der Waals surface area contributed by atoms with Crippen LogP contribution in [0.2, 0.25) is 0 Å². The average molecular weight is 437 g/mol. The largest absolute Gasteiger partial charge is 0.489 e. The summed E-state index contributed by atoms with van der Waals surface area (Å²) in [6, 6.07) is 34.6. The Kier molecular flexibility index (Phi) is 7.00. The maximum Gasteiger partial charge on any atom is 0.124 e. The molecule has 1 saturated heterocycles. The summed E-state index contributed by atoms with van der Waals surface area (Å²) in [5.74, 6) is 0.978. The van der Waals surface area contributed by atoms with Crippen LogP contribution in [0.5, 0.6) is 5.75 Å². The minimum absolute atomic E-state index is 0.540. The van der Waals surface area contributed by atoms with E-state index in [-0.39, 0.29) is 0 Å². The van der Waals surface area contributed by atoms with Gasteiger partial charge in [0.15, 0.2) is 0 Å². The zero-order chi connectivity index (χ0) is 22.3. The van der Waals surface area contributed by atoms with Crippen LogP contribution in [0.25, 0.3) is 10.8 Å². The van der Waals surface area contributed by atoms with Crippen LogP contribution >= 0.6 is 0 Å². The van der Waals surface area contributed by atoms with Gasteiger partial charge in [-0.25, -0.2) is 0 Å². The summed E-state index contributed by atoms with van der Waals surface area (Å²) >= 11 is 0. The third-order valence-electron chi connectivity index (χ3n) is 6.64. The van der Waals surface area contributed by atoms with E-state index in [1.165, 1.54) is 40.3 Å². The zero-order valence-corrected chi connectivity index (χ0v) is 19.1. The molecule has 0 spiro atoms. The number of nitrogens with zero attached hydrogens (tertiary/aromatic N) is 1. The number of likely N-dealkylation sites (tertiary alicyclic amines) is 1. The van der Waals surface area contributed by atoms with Crippen LogP contribution in [0.4, 0.5) is 0 Å². The topological polar surface area (TPSA) is 24.5 Å². The number of hydrogen-bond donors (Lipinski definition) is 1. The molecule has 4 aromatic carbocycles. The van der Waals surface area contributed by atoms with E-state index in [1.807, 2.05) is 6.07 Å². The maximum atomic E-state index is 6.31. The van der Waals surface area contributed by atoms with E-state index >= 15 is 0 Å². The Balaban J connectivity index is 1.23. The van der Waals surface area contributed by atoms with Crippen molar-refractivity contribution in [2.75, 3.05) is 13.1 Å². The van der Waals surface area contributed by atoms with Crippen LogP contribution in [-0.2, 0) is 19.7 Å². The van der Waals surface area contributed by atoms with Gasteiger partial charge in [-0.05, 0) is 53.9 Å². The summed E-state index contributed by atoms with van der Waals surface area (Å²) in [5.41, 5.74) is 3.85. The van der Waals surface area contributed by atoms with Gasteiger partial charge in [0.2, 0.25) is 0 Å². The molecule has 0 unspecified atom stereocenters. The zero-order valence-electron chi connectivity index (χ0n) is 19.1. The summed E-state index contributed by atoms with van der Waals surface area (Å²) in [7, 11) is 0. The minimum atomic E-state index is 0.540. The van der Waals surface area contributed by atoms with Crippen LogP contribution in [0, 0.1) is 0 Å². The molecular formula is C30H32N2O. The molecule has 1 N–H and O–H groups in total. The molecule has 0 atom stereocenters. The van der Waals surface area contributed by atoms with Gasteiger partial charge in [0.25, 0.3) is 0 Å². The molecule has 168 valence electrons. The summed E-state index contributed by atoms with van der Waals surface area (Å²) in [4.78, 5) is 2.57. The van der Waals surface area contributed by atoms with E-state index in [9.17, 15) is 0 Å². The van der Waals surface area contributed by atoms with E-state index in [0.29, 0.717) is 12.6 Å². The van der Waals surface area contributed by atoms with E-state index in [1.54, 1.807) is 0 Å². The number of fused-ring (bicyclic) bond motifs is 1. The summed E-state index contributed by atoms with van der Waals surface area (Å²) < 4.78 is 6.31. The fourth-order valence-corrected chi connectivity index (χ4v) is 4.75. The first-order chi connectivity index (χ1) is 16.3. The van der Waals surface area contributed by atoms with Crippen LogP contribution in [0.3, 0.4) is 0 Å². The minimum Gasteiger partial charge on any atom is -0.489 e. The Hall–Kier alpha value is -3.14. The summed E-state index contributed by atoms with van der Waals surface area (Å²) in [6.07, 6.45) is 2.36. The lowest BCUT2D eigenvalue weighted by atomic mass is 10.0. The van der Waals surface area contributed by atoms with Gasteiger partial charge in [0.1, 0.15) is 12.4 Å². The predicted molar refractivity (Wildman–Crippen MR) is 136 cm³/mol. The number of nitrogens with one attached hydrogen (secondary N) is 1. The number of piperidine rings is 1. The van der Waals surface area contributed by atoms with E-state index < -0.39 is 0 Å². The van der Waals surface area contributed by atoms with Gasteiger partial charge in [0.05, 0.1) is 0 Å². The first-order valence-corrected chi connectivity index (χ1v) is 12.0. The van der Waals surface area contributed by atoms with Crippen LogP contribution in [-0.4, -0.2) is 24.0 Å². The first kappa shape index (κ1) is 21.7. The highest BCUT2D eigenvalue weighted by Crippen LogP contribution is 2.29. The molecule has 0 aromatic heterocycles. The van der Waals surface area contributed by atoms with Gasteiger partial charge >= 0.3 is 0 Å². The van der Waals surface area contributed by atoms with Crippen LogP contribution < -0.4 is 10.1 Å². The lowest BCUT2D eigenvalue weighted by molar-refractivity contribution is 0.190. The number of ether oxygens (including phenoxy) is 1. The molecule has 3 heteroatoms. The lowest BCUT2D eigenvalue weighted by Crippen LogP contribution is -2.41. The predicted octanol–water partition coefficient (Wildman–Crippen LogP) is 6.17. The smallest absolute Gasteiger partial charge is 0.124 e. The second kappa shape index (κ2) is 10.7. The van der Waals surface area contributed by atoms with Gasteiger partial charge in [-0.1, -0.05) is 91.0 Å². The number of rotatable bonds is 8. The average Bonchev–Trinajstić information content (AvgIpc) is 2.88.